The van der Waals surface area contributed by atoms with Crippen molar-refractivity contribution in [3.05, 3.63) is 0 Å². The Kier molecular flexibility index (Phi) is 6.49. The molecule has 1 N–H and O–H groups in total. The predicted molar refractivity (Wildman–Crippen MR) is 56.7 cm³/mol. The Morgan fingerprint density at radius 3 is 2.62 bits per heavy atom. The maximum absolute atomic E-state index is 11.2. The summed E-state index contributed by atoms with van der Waals surface area (Å²) in [6.07, 6.45) is 0.571. The molecule has 0 aliphatic heterocycles. The predicted octanol–water partition coefficient (Wildman–Crippen LogP) is 1.51. The van der Waals surface area contributed by atoms with E-state index in [1.807, 2.05) is 13.8 Å². The monoisotopic (exact) mass is 203 g/mol. The first-order valence-electron chi connectivity index (χ1n) is 4.55. The van der Waals surface area contributed by atoms with E-state index in [-0.39, 0.29) is 11.9 Å². The zero-order chi connectivity index (χ0) is 10.3. The van der Waals surface area contributed by atoms with Gasteiger partial charge in [-0.1, -0.05) is 19.1 Å². The van der Waals surface area contributed by atoms with Gasteiger partial charge < -0.3 is 10.1 Å². The van der Waals surface area contributed by atoms with Crippen molar-refractivity contribution in [3.8, 4) is 0 Å². The molecule has 0 heterocycles. The van der Waals surface area contributed by atoms with Crippen LogP contribution in [0.1, 0.15) is 27.2 Å². The van der Waals surface area contributed by atoms with E-state index in [0.717, 1.165) is 11.5 Å². The summed E-state index contributed by atoms with van der Waals surface area (Å²) in [4.78, 5) is 11.9. The van der Waals surface area contributed by atoms with Gasteiger partial charge in [0.05, 0.1) is 17.5 Å². The highest BCUT2D eigenvalue weighted by atomic mass is 32.1. The van der Waals surface area contributed by atoms with E-state index in [1.165, 1.54) is 0 Å². The van der Waals surface area contributed by atoms with Gasteiger partial charge in [0.25, 0.3) is 0 Å². The smallest absolute Gasteiger partial charge is 0.309 e. The molecule has 0 rings (SSSR count). The lowest BCUT2D eigenvalue weighted by molar-refractivity contribution is -0.147. The van der Waals surface area contributed by atoms with E-state index in [1.54, 1.807) is 6.92 Å². The van der Waals surface area contributed by atoms with E-state index in [2.05, 4.69) is 5.32 Å². The van der Waals surface area contributed by atoms with Crippen LogP contribution < -0.4 is 5.32 Å². The van der Waals surface area contributed by atoms with Crippen molar-refractivity contribution in [1.29, 1.82) is 0 Å². The number of esters is 1. The summed E-state index contributed by atoms with van der Waals surface area (Å²) in [5.74, 6) is -0.325. The van der Waals surface area contributed by atoms with E-state index in [4.69, 9.17) is 17.0 Å². The molecule has 4 heteroatoms. The molecule has 0 amide bonds. The number of rotatable bonds is 5. The Balaban J connectivity index is 3.78. The van der Waals surface area contributed by atoms with Gasteiger partial charge in [-0.2, -0.15) is 0 Å². The van der Waals surface area contributed by atoms with Crippen LogP contribution in [0.15, 0.2) is 0 Å². The summed E-state index contributed by atoms with van der Waals surface area (Å²) in [5, 5.41) is 3.00. The fourth-order valence-corrected chi connectivity index (χ4v) is 1.31. The Bertz CT molecular complexity index is 182. The lowest BCUT2D eigenvalue weighted by Gasteiger charge is -2.11. The number of hydrogen-bond acceptors (Lipinski definition) is 3. The molecule has 0 saturated heterocycles. The zero-order valence-corrected chi connectivity index (χ0v) is 9.24. The molecule has 0 fully saturated rings. The molecule has 0 spiro atoms. The molecular formula is C9H17NO2S. The highest BCUT2D eigenvalue weighted by Gasteiger charge is 2.15. The van der Waals surface area contributed by atoms with Crippen LogP contribution in [-0.2, 0) is 9.53 Å². The van der Waals surface area contributed by atoms with Gasteiger partial charge in [-0.25, -0.2) is 0 Å². The van der Waals surface area contributed by atoms with Gasteiger partial charge in [-0.05, 0) is 13.8 Å². The van der Waals surface area contributed by atoms with Crippen molar-refractivity contribution < 1.29 is 9.53 Å². The molecule has 13 heavy (non-hydrogen) atoms. The molecule has 0 saturated carbocycles. The van der Waals surface area contributed by atoms with Gasteiger partial charge >= 0.3 is 5.97 Å². The second kappa shape index (κ2) is 6.83. The number of thiocarbonyl (C=S) groups is 1. The first-order valence-corrected chi connectivity index (χ1v) is 4.95. The van der Waals surface area contributed by atoms with Crippen molar-refractivity contribution in [3.63, 3.8) is 0 Å². The van der Waals surface area contributed by atoms with E-state index in [0.29, 0.717) is 13.0 Å². The van der Waals surface area contributed by atoms with Crippen LogP contribution in [0.25, 0.3) is 0 Å². The second-order valence-corrected chi connectivity index (χ2v) is 3.30. The largest absolute Gasteiger partial charge is 0.466 e. The standard InChI is InChI=1S/C9H17NO2S/c1-4-10-8(13)6-7(3)9(11)12-5-2/h7H,4-6H2,1-3H3,(H,10,13). The summed E-state index contributed by atoms with van der Waals surface area (Å²) in [5.41, 5.74) is 0. The van der Waals surface area contributed by atoms with E-state index in [9.17, 15) is 4.79 Å². The first kappa shape index (κ1) is 12.4. The lowest BCUT2D eigenvalue weighted by Crippen LogP contribution is -2.26. The van der Waals surface area contributed by atoms with Crippen molar-refractivity contribution in [1.82, 2.24) is 5.32 Å². The molecule has 0 aromatic heterocycles. The van der Waals surface area contributed by atoms with Crippen LogP contribution in [0.5, 0.6) is 0 Å². The van der Waals surface area contributed by atoms with Crippen molar-refractivity contribution in [2.45, 2.75) is 27.2 Å². The van der Waals surface area contributed by atoms with Crippen LogP contribution in [0.4, 0.5) is 0 Å². The van der Waals surface area contributed by atoms with Crippen molar-refractivity contribution in [2.24, 2.45) is 5.92 Å². The maximum atomic E-state index is 11.2. The Hall–Kier alpha value is -0.640. The van der Waals surface area contributed by atoms with Crippen LogP contribution in [-0.4, -0.2) is 24.1 Å². The van der Waals surface area contributed by atoms with E-state index >= 15 is 0 Å². The van der Waals surface area contributed by atoms with Crippen molar-refractivity contribution >= 4 is 23.2 Å². The average molecular weight is 203 g/mol. The minimum Gasteiger partial charge on any atom is -0.466 e. The third-order valence-electron chi connectivity index (χ3n) is 1.55. The summed E-state index contributed by atoms with van der Waals surface area (Å²) in [6, 6.07) is 0. The summed E-state index contributed by atoms with van der Waals surface area (Å²) >= 11 is 5.01. The molecular weight excluding hydrogens is 186 g/mol. The molecule has 76 valence electrons. The Morgan fingerprint density at radius 2 is 2.15 bits per heavy atom. The fourth-order valence-electron chi connectivity index (χ4n) is 0.915. The minimum absolute atomic E-state index is 0.147. The molecule has 0 aromatic rings. The van der Waals surface area contributed by atoms with E-state index < -0.39 is 0 Å². The molecule has 0 aliphatic rings. The maximum Gasteiger partial charge on any atom is 0.309 e. The van der Waals surface area contributed by atoms with Crippen LogP contribution >= 0.6 is 12.2 Å². The van der Waals surface area contributed by atoms with Crippen LogP contribution in [0.2, 0.25) is 0 Å². The molecule has 0 aromatic carbocycles. The summed E-state index contributed by atoms with van der Waals surface area (Å²) < 4.78 is 4.86. The first-order chi connectivity index (χ1) is 6.11. The normalized spacial score (nSPS) is 11.9. The summed E-state index contributed by atoms with van der Waals surface area (Å²) in [6.45, 7) is 6.82. The number of carbonyl (C=O) groups is 1. The minimum atomic E-state index is -0.178. The van der Waals surface area contributed by atoms with Gasteiger partial charge in [-0.3, -0.25) is 4.79 Å². The number of ether oxygens (including phenoxy) is 1. The van der Waals surface area contributed by atoms with Crippen molar-refractivity contribution in [2.75, 3.05) is 13.2 Å². The third-order valence-corrected chi connectivity index (χ3v) is 1.87. The second-order valence-electron chi connectivity index (χ2n) is 2.81. The Labute approximate surface area is 84.8 Å². The average Bonchev–Trinajstić information content (AvgIpc) is 2.05. The topological polar surface area (TPSA) is 38.3 Å². The molecule has 1 unspecified atom stereocenters. The van der Waals surface area contributed by atoms with Gasteiger partial charge in [0.2, 0.25) is 0 Å². The summed E-state index contributed by atoms with van der Waals surface area (Å²) in [7, 11) is 0. The third kappa shape index (κ3) is 5.58. The van der Waals surface area contributed by atoms with Crippen LogP contribution in [0, 0.1) is 5.92 Å². The highest BCUT2D eigenvalue weighted by molar-refractivity contribution is 7.80. The SMILES string of the molecule is CCNC(=S)CC(C)C(=O)OCC. The quantitative estimate of drug-likeness (QED) is 0.543. The van der Waals surface area contributed by atoms with Gasteiger partial charge in [0.15, 0.2) is 0 Å². The number of hydrogen-bond donors (Lipinski definition) is 1. The highest BCUT2D eigenvalue weighted by Crippen LogP contribution is 2.05. The zero-order valence-electron chi connectivity index (χ0n) is 8.42. The van der Waals surface area contributed by atoms with Gasteiger partial charge in [0, 0.05) is 13.0 Å². The molecule has 0 aliphatic carbocycles. The van der Waals surface area contributed by atoms with Gasteiger partial charge in [-0.15, -0.1) is 0 Å². The van der Waals surface area contributed by atoms with Gasteiger partial charge in [0.1, 0.15) is 0 Å². The molecule has 1 atom stereocenters. The number of carbonyl (C=O) groups excluding carboxylic acids is 1. The molecule has 0 bridgehead atoms. The number of nitrogens with one attached hydrogen (secondary N) is 1. The molecule has 3 nitrogen and oxygen atoms in total. The Morgan fingerprint density at radius 1 is 1.54 bits per heavy atom. The lowest BCUT2D eigenvalue weighted by atomic mass is 10.1. The molecule has 0 radical (unpaired) electrons. The fraction of sp³-hybridized carbons (Fsp3) is 0.778. The van der Waals surface area contributed by atoms with Crippen LogP contribution in [0.3, 0.4) is 0 Å².